The number of phenolic OH excluding ortho intramolecular Hbond substituents is 2. The smallest absolute Gasteiger partial charge is 0.203 e. The fourth-order valence-corrected chi connectivity index (χ4v) is 3.73. The number of likely N-dealkylation sites (N-methyl/N-ethyl adjacent to an activating group) is 1. The molecular formula is C21H27NO5. The number of aromatic hydroxyl groups is 2. The first-order chi connectivity index (χ1) is 14.0. The van der Waals surface area contributed by atoms with Crippen molar-refractivity contribution in [3.05, 3.63) is 41.0 Å². The molecule has 0 aliphatic carbocycles. The van der Waals surface area contributed by atoms with Gasteiger partial charge in [0, 0.05) is 12.6 Å². The van der Waals surface area contributed by atoms with Crippen LogP contribution in [0.5, 0.6) is 28.7 Å². The van der Waals surface area contributed by atoms with E-state index in [4.69, 9.17) is 17.0 Å². The number of nitrogens with zero attached hydrogens (tertiary/aromatic N) is 1. The summed E-state index contributed by atoms with van der Waals surface area (Å²) in [5, 5.41) is 20.5. The van der Waals surface area contributed by atoms with Crippen LogP contribution in [0.4, 0.5) is 0 Å². The third kappa shape index (κ3) is 3.76. The first-order valence-electron chi connectivity index (χ1n) is 10.2. The lowest BCUT2D eigenvalue weighted by molar-refractivity contribution is 0.218. The Kier molecular flexibility index (Phi) is 4.89. The van der Waals surface area contributed by atoms with E-state index in [1.54, 1.807) is 25.3 Å². The number of benzene rings is 2. The van der Waals surface area contributed by atoms with Gasteiger partial charge in [-0.05, 0) is 67.3 Å². The standard InChI is InChI=1S/C21H27NO5/c1-22-8-7-14-11-19(25-2)17(23)12-15(14)16(22)6-5-13-9-18(24)21(27-4)20(10-13)26-3/h9-12,16,23-24H,5-8H2,1-4H3/t16-/m1/s1/i1+2,3T,4T,6+2. The number of hydrogen-bond acceptors (Lipinski definition) is 6. The van der Waals surface area contributed by atoms with Gasteiger partial charge in [-0.3, -0.25) is 4.90 Å². The normalized spacial score (nSPS) is 17.6. The number of ether oxygens (including phenoxy) is 3. The second kappa shape index (κ2) is 7.96. The second-order valence-electron chi connectivity index (χ2n) is 6.74. The largest absolute Gasteiger partial charge is 0.504 e. The van der Waals surface area contributed by atoms with E-state index in [0.717, 1.165) is 30.5 Å². The maximum atomic E-state index is 10.3. The molecule has 0 radical (unpaired) electrons. The molecule has 6 heteroatoms. The Morgan fingerprint density at radius 2 is 1.96 bits per heavy atom. The van der Waals surface area contributed by atoms with Crippen molar-refractivity contribution in [2.45, 2.75) is 25.3 Å². The minimum Gasteiger partial charge on any atom is -0.504 e. The summed E-state index contributed by atoms with van der Waals surface area (Å²) in [6.07, 6.45) is 2.32. The zero-order valence-corrected chi connectivity index (χ0v) is 15.7. The average Bonchev–Trinajstić information content (AvgIpc) is 2.69. The minimum absolute atomic E-state index is 0.0909. The van der Waals surface area contributed by atoms with Crippen molar-refractivity contribution < 1.29 is 27.2 Å². The highest BCUT2D eigenvalue weighted by Crippen LogP contribution is 2.41. The predicted octanol–water partition coefficient (Wildman–Crippen LogP) is 3.29. The lowest BCUT2D eigenvalue weighted by Gasteiger charge is -2.35. The molecule has 2 N–H and O–H groups in total. The van der Waals surface area contributed by atoms with Crippen LogP contribution in [0.3, 0.4) is 0 Å². The summed E-state index contributed by atoms with van der Waals surface area (Å²) in [5.74, 6) is 0.875. The topological polar surface area (TPSA) is 71.4 Å². The van der Waals surface area contributed by atoms with Gasteiger partial charge in [0.05, 0.1) is 24.0 Å². The lowest BCUT2D eigenvalue weighted by atomic mass is 9.96. The predicted molar refractivity (Wildman–Crippen MR) is 103 cm³/mol. The van der Waals surface area contributed by atoms with Crippen molar-refractivity contribution in [1.82, 2.24) is 4.90 Å². The Morgan fingerprint density at radius 3 is 2.70 bits per heavy atom. The second-order valence-corrected chi connectivity index (χ2v) is 6.74. The highest BCUT2D eigenvalue weighted by molar-refractivity contribution is 5.53. The van der Waals surface area contributed by atoms with E-state index in [2.05, 4.69) is 11.9 Å². The van der Waals surface area contributed by atoms with E-state index >= 15 is 0 Å². The van der Waals surface area contributed by atoms with Gasteiger partial charge in [-0.25, -0.2) is 0 Å². The van der Waals surface area contributed by atoms with Crippen molar-refractivity contribution in [2.24, 2.45) is 0 Å². The van der Waals surface area contributed by atoms with E-state index in [9.17, 15) is 10.2 Å². The summed E-state index contributed by atoms with van der Waals surface area (Å²) >= 11 is 0. The number of aryl methyl sites for hydroxylation is 1. The van der Waals surface area contributed by atoms with Gasteiger partial charge in [-0.15, -0.1) is 0 Å². The lowest BCUT2D eigenvalue weighted by Crippen LogP contribution is -2.32. The molecule has 1 aliphatic rings. The van der Waals surface area contributed by atoms with Crippen LogP contribution in [0.1, 0.15) is 31.9 Å². The number of fused-ring (bicyclic) bond motifs is 1. The van der Waals surface area contributed by atoms with Crippen LogP contribution in [-0.4, -0.2) is 50.0 Å². The molecule has 0 aromatic heterocycles. The van der Waals surface area contributed by atoms with Gasteiger partial charge in [-0.2, -0.15) is 0 Å². The molecular weight excluding hydrogens is 350 g/mol. The average molecular weight is 381 g/mol. The van der Waals surface area contributed by atoms with Gasteiger partial charge in [0.25, 0.3) is 0 Å². The van der Waals surface area contributed by atoms with Gasteiger partial charge in [-0.1, -0.05) is 0 Å². The van der Waals surface area contributed by atoms with Crippen LogP contribution in [0, 0.1) is 0 Å². The number of hydrogen-bond donors (Lipinski definition) is 2. The molecule has 0 fully saturated rings. The number of rotatable bonds is 6. The van der Waals surface area contributed by atoms with Crippen LogP contribution >= 0.6 is 0 Å². The summed E-state index contributed by atoms with van der Waals surface area (Å²) in [6.45, 7) is 0.903. The van der Waals surface area contributed by atoms with Crippen molar-refractivity contribution in [2.75, 3.05) is 34.9 Å². The van der Waals surface area contributed by atoms with E-state index < -0.39 is 0 Å². The molecule has 2 aromatic carbocycles. The first kappa shape index (κ1) is 16.6. The molecule has 146 valence electrons. The molecule has 0 bridgehead atoms. The number of phenols is 2. The van der Waals surface area contributed by atoms with Crippen LogP contribution in [-0.2, 0) is 12.8 Å². The molecule has 1 aliphatic heterocycles. The Hall–Kier alpha value is -2.60. The summed E-state index contributed by atoms with van der Waals surface area (Å²) in [6, 6.07) is 7.16. The van der Waals surface area contributed by atoms with Crippen LogP contribution < -0.4 is 14.2 Å². The summed E-state index contributed by atoms with van der Waals surface area (Å²) in [5.41, 5.74) is 3.10. The van der Waals surface area contributed by atoms with Gasteiger partial charge in [0.1, 0.15) is 0 Å². The van der Waals surface area contributed by atoms with E-state index in [0.29, 0.717) is 12.2 Å². The first-order valence-corrected chi connectivity index (χ1v) is 8.78. The third-order valence-corrected chi connectivity index (χ3v) is 5.17. The molecule has 1 atom stereocenters. The molecule has 0 spiro atoms. The van der Waals surface area contributed by atoms with Gasteiger partial charge in [0.15, 0.2) is 23.0 Å². The van der Waals surface area contributed by atoms with Gasteiger partial charge in [0.2, 0.25) is 5.75 Å². The molecule has 2 aromatic rings. The van der Waals surface area contributed by atoms with E-state index in [1.807, 2.05) is 6.07 Å². The highest BCUT2D eigenvalue weighted by atomic mass is 16.5. The maximum absolute atomic E-state index is 10.3. The molecule has 0 saturated carbocycles. The Labute approximate surface area is 162 Å². The molecule has 27 heavy (non-hydrogen) atoms. The van der Waals surface area contributed by atoms with Gasteiger partial charge >= 0.3 is 0 Å². The summed E-state index contributed by atoms with van der Waals surface area (Å²) in [7, 11) is 2.95. The summed E-state index contributed by atoms with van der Waals surface area (Å²) < 4.78 is 30.1. The Balaban J connectivity index is 1.84. The van der Waals surface area contributed by atoms with Crippen LogP contribution in [0.25, 0.3) is 0 Å². The van der Waals surface area contributed by atoms with Gasteiger partial charge < -0.3 is 24.4 Å². The Morgan fingerprint density at radius 1 is 1.15 bits per heavy atom. The van der Waals surface area contributed by atoms with Crippen LogP contribution in [0.15, 0.2) is 24.3 Å². The molecule has 0 unspecified atom stereocenters. The van der Waals surface area contributed by atoms with E-state index in [-0.39, 0.29) is 43.2 Å². The third-order valence-electron chi connectivity index (χ3n) is 5.17. The fraction of sp³-hybridized carbons (Fsp3) is 0.429. The molecule has 0 saturated heterocycles. The van der Waals surface area contributed by atoms with Crippen molar-refractivity contribution in [3.63, 3.8) is 0 Å². The quantitative estimate of drug-likeness (QED) is 0.800. The number of methoxy groups -OCH3 is 3. The maximum Gasteiger partial charge on any atom is 0.203 e. The molecule has 3 rings (SSSR count). The monoisotopic (exact) mass is 381 g/mol. The zero-order chi connectivity index (χ0) is 21.0. The highest BCUT2D eigenvalue weighted by Gasteiger charge is 2.26. The fourth-order valence-electron chi connectivity index (χ4n) is 3.73. The SMILES string of the molecule is [3H]COc1cc(C[14CH2][C@@H]2c3cc(O)c(OC)cc3CCN2[14CH3])cc(O)c1OC[3H]. The Bertz CT molecular complexity index is 861. The van der Waals surface area contributed by atoms with Crippen molar-refractivity contribution in [3.8, 4) is 28.7 Å². The molecule has 0 amide bonds. The van der Waals surface area contributed by atoms with Crippen molar-refractivity contribution >= 4 is 0 Å². The zero-order valence-electron chi connectivity index (χ0n) is 17.7. The molecule has 6 nitrogen and oxygen atoms in total. The minimum atomic E-state index is -0.349. The van der Waals surface area contributed by atoms with Crippen LogP contribution in [0.2, 0.25) is 0 Å². The van der Waals surface area contributed by atoms with Crippen molar-refractivity contribution in [1.29, 1.82) is 0 Å². The molecule has 1 heterocycles. The summed E-state index contributed by atoms with van der Waals surface area (Å²) in [4.78, 5) is 2.26. The van der Waals surface area contributed by atoms with E-state index in [1.165, 1.54) is 5.56 Å².